The molecule has 0 aliphatic carbocycles. The lowest BCUT2D eigenvalue weighted by atomic mass is 10.2. The van der Waals surface area contributed by atoms with Gasteiger partial charge in [-0.05, 0) is 12.1 Å². The van der Waals surface area contributed by atoms with Crippen LogP contribution in [0.2, 0.25) is 5.02 Å². The number of amides is 1. The molecule has 1 aromatic rings. The van der Waals surface area contributed by atoms with Crippen LogP contribution in [0.3, 0.4) is 0 Å². The Morgan fingerprint density at radius 3 is 2.72 bits per heavy atom. The third-order valence-electron chi connectivity index (χ3n) is 2.05. The van der Waals surface area contributed by atoms with E-state index in [0.717, 1.165) is 6.07 Å². The molecule has 1 aromatic carbocycles. The first-order valence-corrected chi connectivity index (χ1v) is 5.22. The van der Waals surface area contributed by atoms with Crippen molar-refractivity contribution < 1.29 is 18.8 Å². The summed E-state index contributed by atoms with van der Waals surface area (Å²) >= 11 is 5.35. The van der Waals surface area contributed by atoms with Crippen LogP contribution in [-0.2, 0) is 0 Å². The number of hydrogen-bond donors (Lipinski definition) is 3. The highest BCUT2D eigenvalue weighted by molar-refractivity contribution is 6.30. The highest BCUT2D eigenvalue weighted by atomic mass is 35.5. The zero-order chi connectivity index (χ0) is 13.7. The fraction of sp³-hybridized carbons (Fsp3) is 0.200. The SMILES string of the molecule is N/C(CCNC(=O)c1cc(F)c(Cl)cc1F)=N/O. The van der Waals surface area contributed by atoms with Crippen LogP contribution in [0.15, 0.2) is 17.3 Å². The highest BCUT2D eigenvalue weighted by Crippen LogP contribution is 2.19. The van der Waals surface area contributed by atoms with E-state index in [2.05, 4.69) is 10.5 Å². The smallest absolute Gasteiger partial charge is 0.254 e. The quantitative estimate of drug-likeness (QED) is 0.256. The lowest BCUT2D eigenvalue weighted by Gasteiger charge is -2.06. The summed E-state index contributed by atoms with van der Waals surface area (Å²) in [4.78, 5) is 11.5. The predicted molar refractivity (Wildman–Crippen MR) is 61.7 cm³/mol. The molecule has 4 N–H and O–H groups in total. The second kappa shape index (κ2) is 6.15. The number of carbonyl (C=O) groups is 1. The van der Waals surface area contributed by atoms with Crippen LogP contribution in [0.5, 0.6) is 0 Å². The van der Waals surface area contributed by atoms with Crippen molar-refractivity contribution >= 4 is 23.3 Å². The first-order valence-electron chi connectivity index (χ1n) is 4.85. The molecule has 98 valence electrons. The molecule has 0 heterocycles. The summed E-state index contributed by atoms with van der Waals surface area (Å²) in [5.74, 6) is -2.71. The van der Waals surface area contributed by atoms with Gasteiger partial charge < -0.3 is 16.3 Å². The standard InChI is InChI=1S/C10H10ClF2N3O2/c11-6-4-7(12)5(3-8(6)13)10(17)15-2-1-9(14)16-18/h3-4,18H,1-2H2,(H2,14,16)(H,15,17). The molecule has 0 radical (unpaired) electrons. The number of benzene rings is 1. The molecule has 0 bridgehead atoms. The molecule has 0 aliphatic heterocycles. The van der Waals surface area contributed by atoms with Gasteiger partial charge in [0.25, 0.3) is 5.91 Å². The third-order valence-corrected chi connectivity index (χ3v) is 2.34. The van der Waals surface area contributed by atoms with Gasteiger partial charge in [0, 0.05) is 13.0 Å². The Morgan fingerprint density at radius 1 is 1.44 bits per heavy atom. The van der Waals surface area contributed by atoms with Crippen molar-refractivity contribution in [3.8, 4) is 0 Å². The summed E-state index contributed by atoms with van der Waals surface area (Å²) in [6, 6.07) is 1.42. The van der Waals surface area contributed by atoms with Crippen molar-refractivity contribution in [2.75, 3.05) is 6.54 Å². The van der Waals surface area contributed by atoms with E-state index >= 15 is 0 Å². The van der Waals surface area contributed by atoms with Crippen LogP contribution in [0, 0.1) is 11.6 Å². The molecule has 0 aliphatic rings. The Morgan fingerprint density at radius 2 is 2.11 bits per heavy atom. The van der Waals surface area contributed by atoms with E-state index in [1.54, 1.807) is 0 Å². The van der Waals surface area contributed by atoms with Gasteiger partial charge in [-0.25, -0.2) is 8.78 Å². The van der Waals surface area contributed by atoms with Crippen LogP contribution in [-0.4, -0.2) is 23.5 Å². The first-order chi connectivity index (χ1) is 8.45. The minimum atomic E-state index is -0.928. The summed E-state index contributed by atoms with van der Waals surface area (Å²) < 4.78 is 26.4. The molecule has 18 heavy (non-hydrogen) atoms. The van der Waals surface area contributed by atoms with Crippen LogP contribution >= 0.6 is 11.6 Å². The average Bonchev–Trinajstić information content (AvgIpc) is 2.33. The number of rotatable bonds is 4. The molecule has 1 amide bonds. The van der Waals surface area contributed by atoms with Gasteiger partial charge in [-0.15, -0.1) is 0 Å². The van der Waals surface area contributed by atoms with Crippen molar-refractivity contribution in [3.05, 3.63) is 34.4 Å². The number of carbonyl (C=O) groups excluding carboxylic acids is 1. The fourth-order valence-electron chi connectivity index (χ4n) is 1.15. The van der Waals surface area contributed by atoms with Gasteiger partial charge in [-0.3, -0.25) is 4.79 Å². The van der Waals surface area contributed by atoms with E-state index in [0.29, 0.717) is 6.07 Å². The monoisotopic (exact) mass is 277 g/mol. The largest absolute Gasteiger partial charge is 0.409 e. The molecule has 5 nitrogen and oxygen atoms in total. The summed E-state index contributed by atoms with van der Waals surface area (Å²) in [5.41, 5.74) is 4.71. The van der Waals surface area contributed by atoms with E-state index < -0.39 is 28.1 Å². The van der Waals surface area contributed by atoms with E-state index in [1.807, 2.05) is 0 Å². The average molecular weight is 278 g/mol. The van der Waals surface area contributed by atoms with Crippen molar-refractivity contribution in [3.63, 3.8) is 0 Å². The topological polar surface area (TPSA) is 87.7 Å². The number of nitrogens with zero attached hydrogens (tertiary/aromatic N) is 1. The van der Waals surface area contributed by atoms with Crippen molar-refractivity contribution in [1.29, 1.82) is 0 Å². The number of nitrogens with two attached hydrogens (primary N) is 1. The lowest BCUT2D eigenvalue weighted by Crippen LogP contribution is -2.28. The van der Waals surface area contributed by atoms with Gasteiger partial charge >= 0.3 is 0 Å². The summed E-state index contributed by atoms with van der Waals surface area (Å²) in [6.45, 7) is 0.0262. The van der Waals surface area contributed by atoms with Gasteiger partial charge in [0.2, 0.25) is 0 Å². The predicted octanol–water partition coefficient (Wildman–Crippen LogP) is 1.48. The summed E-state index contributed by atoms with van der Waals surface area (Å²) in [6.07, 6.45) is 0.0833. The highest BCUT2D eigenvalue weighted by Gasteiger charge is 2.15. The van der Waals surface area contributed by atoms with E-state index in [4.69, 9.17) is 22.5 Å². The van der Waals surface area contributed by atoms with Gasteiger partial charge in [-0.1, -0.05) is 16.8 Å². The lowest BCUT2D eigenvalue weighted by molar-refractivity contribution is 0.0950. The minimum absolute atomic E-state index is 0.0262. The van der Waals surface area contributed by atoms with E-state index in [-0.39, 0.29) is 18.8 Å². The zero-order valence-electron chi connectivity index (χ0n) is 9.08. The van der Waals surface area contributed by atoms with Crippen LogP contribution < -0.4 is 11.1 Å². The molecular weight excluding hydrogens is 268 g/mol. The Bertz CT molecular complexity index is 494. The number of halogens is 3. The third kappa shape index (κ3) is 3.56. The Kier molecular flexibility index (Phi) is 4.85. The maximum Gasteiger partial charge on any atom is 0.254 e. The van der Waals surface area contributed by atoms with Gasteiger partial charge in [0.1, 0.15) is 17.5 Å². The maximum atomic E-state index is 13.3. The van der Waals surface area contributed by atoms with Crippen molar-refractivity contribution in [1.82, 2.24) is 5.32 Å². The zero-order valence-corrected chi connectivity index (χ0v) is 9.84. The summed E-state index contributed by atoms with van der Waals surface area (Å²) in [5, 5.41) is 12.8. The second-order valence-electron chi connectivity index (χ2n) is 3.34. The number of amidine groups is 1. The Hall–Kier alpha value is -1.89. The van der Waals surface area contributed by atoms with Gasteiger partial charge in [-0.2, -0.15) is 0 Å². The number of oxime groups is 1. The molecule has 8 heteroatoms. The molecule has 0 unspecified atom stereocenters. The van der Waals surface area contributed by atoms with Crippen molar-refractivity contribution in [2.24, 2.45) is 10.9 Å². The Balaban J connectivity index is 2.70. The van der Waals surface area contributed by atoms with Crippen LogP contribution in [0.1, 0.15) is 16.8 Å². The number of nitrogens with one attached hydrogen (secondary N) is 1. The molecular formula is C10H10ClF2N3O2. The minimum Gasteiger partial charge on any atom is -0.409 e. The summed E-state index contributed by atoms with van der Waals surface area (Å²) in [7, 11) is 0. The van der Waals surface area contributed by atoms with E-state index in [9.17, 15) is 13.6 Å². The van der Waals surface area contributed by atoms with Gasteiger partial charge in [0.15, 0.2) is 0 Å². The maximum absolute atomic E-state index is 13.3. The molecule has 0 spiro atoms. The van der Waals surface area contributed by atoms with Crippen LogP contribution in [0.25, 0.3) is 0 Å². The van der Waals surface area contributed by atoms with Crippen LogP contribution in [0.4, 0.5) is 8.78 Å². The normalized spacial score (nSPS) is 11.4. The Labute approximate surface area is 106 Å². The molecule has 0 aromatic heterocycles. The molecule has 0 saturated heterocycles. The molecule has 0 fully saturated rings. The first kappa shape index (κ1) is 14.2. The molecule has 0 atom stereocenters. The van der Waals surface area contributed by atoms with Gasteiger partial charge in [0.05, 0.1) is 10.6 Å². The molecule has 1 rings (SSSR count). The van der Waals surface area contributed by atoms with Crippen molar-refractivity contribution in [2.45, 2.75) is 6.42 Å². The fourth-order valence-corrected chi connectivity index (χ4v) is 1.30. The van der Waals surface area contributed by atoms with E-state index in [1.165, 1.54) is 0 Å². The number of hydrogen-bond acceptors (Lipinski definition) is 3. The molecule has 0 saturated carbocycles. The second-order valence-corrected chi connectivity index (χ2v) is 3.75.